The van der Waals surface area contributed by atoms with E-state index >= 15 is 0 Å². The van der Waals surface area contributed by atoms with Crippen LogP contribution in [0, 0.1) is 19.3 Å². The van der Waals surface area contributed by atoms with Crippen LogP contribution in [0.2, 0.25) is 0 Å². The Hall–Kier alpha value is -4.58. The third-order valence-corrected chi connectivity index (χ3v) is 10.6. The number of fused-ring (bicyclic) bond motifs is 4. The smallest absolute Gasteiger partial charge is 0.264 e. The van der Waals surface area contributed by atoms with Crippen molar-refractivity contribution in [3.8, 4) is 17.1 Å². The van der Waals surface area contributed by atoms with E-state index in [0.29, 0.717) is 23.9 Å². The molecule has 49 heavy (non-hydrogen) atoms. The van der Waals surface area contributed by atoms with Gasteiger partial charge in [0.1, 0.15) is 12.4 Å². The third-order valence-electron chi connectivity index (χ3n) is 9.26. The minimum atomic E-state index is -4.17. The Morgan fingerprint density at radius 3 is 2.47 bits per heavy atom. The van der Waals surface area contributed by atoms with E-state index in [2.05, 4.69) is 52.3 Å². The number of anilines is 2. The summed E-state index contributed by atoms with van der Waals surface area (Å²) in [6.07, 6.45) is 7.08. The van der Waals surface area contributed by atoms with Crippen molar-refractivity contribution in [2.24, 2.45) is 5.41 Å². The Morgan fingerprint density at radius 2 is 1.76 bits per heavy atom. The fraction of sp³-hybridized carbons (Fsp3) is 0.432. The summed E-state index contributed by atoms with van der Waals surface area (Å²) in [5.41, 5.74) is 4.23. The molecule has 1 amide bonds. The highest BCUT2D eigenvalue weighted by molar-refractivity contribution is 7.92. The van der Waals surface area contributed by atoms with Crippen LogP contribution < -0.4 is 14.4 Å². The molecule has 0 saturated carbocycles. The molecule has 2 aliphatic rings. The minimum absolute atomic E-state index is 0.0168. The van der Waals surface area contributed by atoms with Gasteiger partial charge in [-0.1, -0.05) is 45.0 Å². The molecule has 1 N–H and O–H groups in total. The zero-order valence-electron chi connectivity index (χ0n) is 29.1. The summed E-state index contributed by atoms with van der Waals surface area (Å²) in [4.78, 5) is 37.0. The average molecular weight is 684 g/mol. The van der Waals surface area contributed by atoms with Gasteiger partial charge in [-0.3, -0.25) is 9.78 Å². The Balaban J connectivity index is 1.46. The SMILES string of the molecule is Cc1cccc(C)c1-c1cc2nc(n1)NS(=O)(=O)c1cccc(c1)C(=O)N(Cc1cncc(N3CCC[C@H]3C)n1)[C@H](CCC(C)(C)C)CO2. The van der Waals surface area contributed by atoms with E-state index in [0.717, 1.165) is 48.3 Å². The quantitative estimate of drug-likeness (QED) is 0.240. The molecule has 1 saturated heterocycles. The van der Waals surface area contributed by atoms with Gasteiger partial charge >= 0.3 is 0 Å². The number of amides is 1. The predicted molar refractivity (Wildman–Crippen MR) is 190 cm³/mol. The van der Waals surface area contributed by atoms with Gasteiger partial charge in [-0.25, -0.2) is 23.1 Å². The molecule has 0 spiro atoms. The highest BCUT2D eigenvalue weighted by Gasteiger charge is 2.31. The van der Waals surface area contributed by atoms with E-state index in [4.69, 9.17) is 9.72 Å². The first-order valence-electron chi connectivity index (χ1n) is 16.9. The fourth-order valence-corrected chi connectivity index (χ4v) is 7.56. The summed E-state index contributed by atoms with van der Waals surface area (Å²) in [5.74, 6) is 0.552. The van der Waals surface area contributed by atoms with Crippen molar-refractivity contribution in [3.05, 3.63) is 83.3 Å². The van der Waals surface area contributed by atoms with Gasteiger partial charge < -0.3 is 14.5 Å². The van der Waals surface area contributed by atoms with Crippen molar-refractivity contribution in [1.29, 1.82) is 0 Å². The van der Waals surface area contributed by atoms with Crippen LogP contribution in [0.1, 0.15) is 80.6 Å². The van der Waals surface area contributed by atoms with E-state index < -0.39 is 16.1 Å². The number of benzene rings is 2. The first kappa shape index (κ1) is 34.3. The molecule has 4 heterocycles. The number of hydrogen-bond acceptors (Lipinski definition) is 9. The molecule has 12 heteroatoms. The first-order valence-corrected chi connectivity index (χ1v) is 18.4. The van der Waals surface area contributed by atoms with Crippen LogP contribution in [0.25, 0.3) is 11.3 Å². The molecule has 6 rings (SSSR count). The van der Waals surface area contributed by atoms with Gasteiger partial charge in [0.05, 0.1) is 41.3 Å². The number of sulfonamides is 1. The van der Waals surface area contributed by atoms with E-state index in [-0.39, 0.29) is 46.8 Å². The lowest BCUT2D eigenvalue weighted by atomic mass is 9.88. The average Bonchev–Trinajstić information content (AvgIpc) is 3.48. The van der Waals surface area contributed by atoms with Gasteiger partial charge in [0, 0.05) is 29.8 Å². The van der Waals surface area contributed by atoms with Crippen molar-refractivity contribution in [2.75, 3.05) is 22.8 Å². The Labute approximate surface area is 289 Å². The molecule has 2 aromatic heterocycles. The van der Waals surface area contributed by atoms with Gasteiger partial charge in [0.25, 0.3) is 15.9 Å². The summed E-state index contributed by atoms with van der Waals surface area (Å²) in [5, 5.41) is 0. The number of nitrogens with one attached hydrogen (secondary N) is 1. The standard InChI is InChI=1S/C37H45N7O4S/c1-24-10-7-11-25(2)34(24)31-19-33-41-36(40-31)42-49(46,47)30-14-8-13-27(18-30)35(45)44(29(23-48-33)15-16-37(4,5)6)22-28-20-38-21-32(39-28)43-17-9-12-26(43)3/h7-8,10-11,13-14,18-21,26,29H,9,12,15-17,22-23H2,1-6H3,(H,40,41,42)/t26-,29-/m1/s1. The maximum absolute atomic E-state index is 14.5. The van der Waals surface area contributed by atoms with Gasteiger partial charge in [0.2, 0.25) is 11.8 Å². The number of nitrogens with zero attached hydrogens (tertiary/aromatic N) is 6. The van der Waals surface area contributed by atoms with Gasteiger partial charge in [0.15, 0.2) is 0 Å². The molecular formula is C37H45N7O4S. The number of rotatable bonds is 6. The number of carbonyl (C=O) groups is 1. The second-order valence-electron chi connectivity index (χ2n) is 14.4. The molecule has 2 atom stereocenters. The van der Waals surface area contributed by atoms with Crippen molar-refractivity contribution in [3.63, 3.8) is 0 Å². The lowest BCUT2D eigenvalue weighted by Crippen LogP contribution is -2.44. The van der Waals surface area contributed by atoms with Gasteiger partial charge in [-0.15, -0.1) is 0 Å². The Bertz CT molecular complexity index is 1940. The Morgan fingerprint density at radius 1 is 1.00 bits per heavy atom. The maximum Gasteiger partial charge on any atom is 0.264 e. The normalized spacial score (nSPS) is 19.3. The number of aryl methyl sites for hydroxylation is 2. The molecule has 11 nitrogen and oxygen atoms in total. The molecular weight excluding hydrogens is 639 g/mol. The minimum Gasteiger partial charge on any atom is -0.475 e. The van der Waals surface area contributed by atoms with Crippen molar-refractivity contribution >= 4 is 27.7 Å². The van der Waals surface area contributed by atoms with E-state index in [1.807, 2.05) is 32.0 Å². The first-order chi connectivity index (χ1) is 23.3. The van der Waals surface area contributed by atoms with E-state index in [9.17, 15) is 13.2 Å². The van der Waals surface area contributed by atoms with E-state index in [1.54, 1.807) is 35.5 Å². The van der Waals surface area contributed by atoms with E-state index in [1.165, 1.54) is 12.1 Å². The molecule has 2 aliphatic heterocycles. The van der Waals surface area contributed by atoms with Gasteiger partial charge in [-0.05, 0) is 81.2 Å². The fourth-order valence-electron chi connectivity index (χ4n) is 6.57. The summed E-state index contributed by atoms with van der Waals surface area (Å²) in [6.45, 7) is 13.8. The topological polar surface area (TPSA) is 131 Å². The zero-order valence-corrected chi connectivity index (χ0v) is 29.9. The van der Waals surface area contributed by atoms with Crippen molar-refractivity contribution in [2.45, 2.75) is 90.7 Å². The molecule has 0 radical (unpaired) electrons. The van der Waals surface area contributed by atoms with Crippen molar-refractivity contribution < 1.29 is 17.9 Å². The number of carbonyl (C=O) groups excluding carboxylic acids is 1. The second kappa shape index (κ2) is 13.7. The molecule has 0 unspecified atom stereocenters. The summed E-state index contributed by atoms with van der Waals surface area (Å²) < 4.78 is 36.4. The molecule has 1 fully saturated rings. The summed E-state index contributed by atoms with van der Waals surface area (Å²) >= 11 is 0. The third kappa shape index (κ3) is 7.85. The lowest BCUT2D eigenvalue weighted by Gasteiger charge is -2.33. The lowest BCUT2D eigenvalue weighted by molar-refractivity contribution is 0.0549. The maximum atomic E-state index is 14.5. The monoisotopic (exact) mass is 683 g/mol. The molecule has 2 aromatic carbocycles. The highest BCUT2D eigenvalue weighted by Crippen LogP contribution is 2.31. The van der Waals surface area contributed by atoms with Crippen LogP contribution in [0.15, 0.2) is 65.8 Å². The summed E-state index contributed by atoms with van der Waals surface area (Å²) in [6, 6.07) is 13.7. The Kier molecular flexibility index (Phi) is 9.61. The summed E-state index contributed by atoms with van der Waals surface area (Å²) in [7, 11) is -4.17. The van der Waals surface area contributed by atoms with Crippen LogP contribution in [0.4, 0.5) is 11.8 Å². The van der Waals surface area contributed by atoms with Crippen molar-refractivity contribution in [1.82, 2.24) is 24.8 Å². The van der Waals surface area contributed by atoms with Gasteiger partial charge in [-0.2, -0.15) is 4.98 Å². The number of ether oxygens (including phenoxy) is 1. The van der Waals surface area contributed by atoms with Crippen LogP contribution >= 0.6 is 0 Å². The molecule has 0 aliphatic carbocycles. The van der Waals surface area contributed by atoms with Crippen LogP contribution in [0.5, 0.6) is 5.88 Å². The number of hydrogen-bond donors (Lipinski definition) is 1. The zero-order chi connectivity index (χ0) is 34.9. The largest absolute Gasteiger partial charge is 0.475 e. The van der Waals surface area contributed by atoms with Crippen LogP contribution in [0.3, 0.4) is 0 Å². The van der Waals surface area contributed by atoms with Crippen LogP contribution in [-0.4, -0.2) is 64.4 Å². The highest BCUT2D eigenvalue weighted by atomic mass is 32.2. The van der Waals surface area contributed by atoms with Crippen LogP contribution in [-0.2, 0) is 16.6 Å². The second-order valence-corrected chi connectivity index (χ2v) is 16.0. The molecule has 4 aromatic rings. The molecule has 258 valence electrons. The molecule has 4 bridgehead atoms. The number of aromatic nitrogens is 4. The predicted octanol–water partition coefficient (Wildman–Crippen LogP) is 6.57.